The predicted octanol–water partition coefficient (Wildman–Crippen LogP) is 4.07. The van der Waals surface area contributed by atoms with Crippen molar-refractivity contribution >= 4 is 33.9 Å². The Hall–Kier alpha value is -3.48. The van der Waals surface area contributed by atoms with Crippen molar-refractivity contribution < 1.29 is 9.47 Å². The molecule has 32 heavy (non-hydrogen) atoms. The van der Waals surface area contributed by atoms with Gasteiger partial charge in [0.15, 0.2) is 5.82 Å². The molecule has 8 nitrogen and oxygen atoms in total. The first-order valence-corrected chi connectivity index (χ1v) is 10.8. The first kappa shape index (κ1) is 21.7. The smallest absolute Gasteiger partial charge is 0.246 e. The van der Waals surface area contributed by atoms with E-state index in [1.807, 2.05) is 53.4 Å². The standard InChI is InChI=1S/C23H21BrN6O2/c1-31-19-8-4-17(5-9-19)21-20(14-25)22(30-10-12-32-13-11-30)28-23(27-21)29-26-15-16-2-6-18(24)7-3-16/h2-9,15H,10-13H2,1H3,(H,27,28,29)/b26-15+. The van der Waals surface area contributed by atoms with Gasteiger partial charge in [0.2, 0.25) is 5.95 Å². The SMILES string of the molecule is COc1ccc(-c2nc(N/N=C/c3ccc(Br)cc3)nc(N3CCOCC3)c2C#N)cc1. The number of nitriles is 1. The molecule has 162 valence electrons. The molecule has 1 aliphatic heterocycles. The van der Waals surface area contributed by atoms with Gasteiger partial charge in [0, 0.05) is 23.1 Å². The number of morpholine rings is 1. The van der Waals surface area contributed by atoms with Gasteiger partial charge < -0.3 is 14.4 Å². The minimum Gasteiger partial charge on any atom is -0.497 e. The monoisotopic (exact) mass is 492 g/mol. The van der Waals surface area contributed by atoms with Gasteiger partial charge in [-0.25, -0.2) is 10.4 Å². The number of anilines is 2. The maximum absolute atomic E-state index is 9.96. The highest BCUT2D eigenvalue weighted by molar-refractivity contribution is 9.10. The number of aromatic nitrogens is 2. The molecule has 2 aromatic carbocycles. The molecule has 9 heteroatoms. The molecule has 0 saturated carbocycles. The average Bonchev–Trinajstić information content (AvgIpc) is 2.85. The number of rotatable bonds is 6. The largest absolute Gasteiger partial charge is 0.497 e. The lowest BCUT2D eigenvalue weighted by Crippen LogP contribution is -2.37. The summed E-state index contributed by atoms with van der Waals surface area (Å²) in [7, 11) is 1.61. The Morgan fingerprint density at radius 3 is 2.50 bits per heavy atom. The molecule has 1 fully saturated rings. The fraction of sp³-hybridized carbons (Fsp3) is 0.217. The lowest BCUT2D eigenvalue weighted by atomic mass is 10.1. The van der Waals surface area contributed by atoms with Gasteiger partial charge in [-0.15, -0.1) is 0 Å². The van der Waals surface area contributed by atoms with Crippen LogP contribution in [0.4, 0.5) is 11.8 Å². The van der Waals surface area contributed by atoms with Crippen molar-refractivity contribution in [2.24, 2.45) is 5.10 Å². The molecule has 1 saturated heterocycles. The van der Waals surface area contributed by atoms with E-state index >= 15 is 0 Å². The van der Waals surface area contributed by atoms with Crippen LogP contribution in [-0.2, 0) is 4.74 Å². The first-order chi connectivity index (χ1) is 15.7. The van der Waals surface area contributed by atoms with E-state index in [1.165, 1.54) is 0 Å². The van der Waals surface area contributed by atoms with Crippen molar-refractivity contribution in [1.29, 1.82) is 5.26 Å². The molecular formula is C23H21BrN6O2. The fourth-order valence-corrected chi connectivity index (χ4v) is 3.54. The van der Waals surface area contributed by atoms with Gasteiger partial charge in [-0.05, 0) is 42.0 Å². The third kappa shape index (κ3) is 5.04. The molecular weight excluding hydrogens is 472 g/mol. The summed E-state index contributed by atoms with van der Waals surface area (Å²) < 4.78 is 11.7. The van der Waals surface area contributed by atoms with Crippen LogP contribution < -0.4 is 15.1 Å². The second kappa shape index (κ2) is 10.2. The Bertz CT molecular complexity index is 1140. The lowest BCUT2D eigenvalue weighted by Gasteiger charge is -2.29. The van der Waals surface area contributed by atoms with E-state index in [4.69, 9.17) is 9.47 Å². The maximum Gasteiger partial charge on any atom is 0.246 e. The average molecular weight is 493 g/mol. The van der Waals surface area contributed by atoms with Crippen LogP contribution in [-0.4, -0.2) is 49.6 Å². The second-order valence-corrected chi connectivity index (χ2v) is 7.87. The van der Waals surface area contributed by atoms with Gasteiger partial charge in [0.05, 0.1) is 32.2 Å². The molecule has 1 N–H and O–H groups in total. The molecule has 0 unspecified atom stereocenters. The molecule has 1 aromatic heterocycles. The highest BCUT2D eigenvalue weighted by Crippen LogP contribution is 2.31. The van der Waals surface area contributed by atoms with Gasteiger partial charge in [-0.2, -0.15) is 15.3 Å². The summed E-state index contributed by atoms with van der Waals surface area (Å²) in [5, 5.41) is 14.2. The van der Waals surface area contributed by atoms with Gasteiger partial charge in [-0.1, -0.05) is 28.1 Å². The number of ether oxygens (including phenoxy) is 2. The van der Waals surface area contributed by atoms with Crippen molar-refractivity contribution in [3.63, 3.8) is 0 Å². The van der Waals surface area contributed by atoms with E-state index in [-0.39, 0.29) is 0 Å². The molecule has 0 bridgehead atoms. The van der Waals surface area contributed by atoms with Crippen molar-refractivity contribution in [3.8, 4) is 23.1 Å². The fourth-order valence-electron chi connectivity index (χ4n) is 3.28. The van der Waals surface area contributed by atoms with Crippen LogP contribution in [0.3, 0.4) is 0 Å². The Kier molecular flexibility index (Phi) is 6.94. The Morgan fingerprint density at radius 1 is 1.12 bits per heavy atom. The summed E-state index contributed by atoms with van der Waals surface area (Å²) in [5.41, 5.74) is 5.59. The van der Waals surface area contributed by atoms with Crippen LogP contribution >= 0.6 is 15.9 Å². The van der Waals surface area contributed by atoms with Gasteiger partial charge in [0.25, 0.3) is 0 Å². The normalized spacial score (nSPS) is 13.7. The molecule has 2 heterocycles. The third-order valence-corrected chi connectivity index (χ3v) is 5.45. The Balaban J connectivity index is 1.71. The van der Waals surface area contributed by atoms with Crippen molar-refractivity contribution in [3.05, 3.63) is 64.1 Å². The zero-order valence-corrected chi connectivity index (χ0v) is 19.0. The molecule has 0 radical (unpaired) electrons. The molecule has 0 atom stereocenters. The molecule has 0 spiro atoms. The van der Waals surface area contributed by atoms with Crippen molar-refractivity contribution in [1.82, 2.24) is 9.97 Å². The van der Waals surface area contributed by atoms with E-state index < -0.39 is 0 Å². The van der Waals surface area contributed by atoms with E-state index in [0.717, 1.165) is 21.3 Å². The first-order valence-electron chi connectivity index (χ1n) is 10.0. The van der Waals surface area contributed by atoms with Gasteiger partial charge >= 0.3 is 0 Å². The van der Waals surface area contributed by atoms with Gasteiger partial charge in [0.1, 0.15) is 17.4 Å². The number of methoxy groups -OCH3 is 1. The molecule has 4 rings (SSSR count). The zero-order valence-electron chi connectivity index (χ0n) is 17.5. The summed E-state index contributed by atoms with van der Waals surface area (Å²) >= 11 is 3.42. The van der Waals surface area contributed by atoms with Crippen LogP contribution in [0.25, 0.3) is 11.3 Å². The predicted molar refractivity (Wildman–Crippen MR) is 127 cm³/mol. The van der Waals surface area contributed by atoms with E-state index in [1.54, 1.807) is 13.3 Å². The summed E-state index contributed by atoms with van der Waals surface area (Å²) in [4.78, 5) is 11.3. The minimum atomic E-state index is 0.310. The Morgan fingerprint density at radius 2 is 1.84 bits per heavy atom. The molecule has 3 aromatic rings. The van der Waals surface area contributed by atoms with Crippen LogP contribution in [0, 0.1) is 11.3 Å². The number of nitrogens with zero attached hydrogens (tertiary/aromatic N) is 5. The van der Waals surface area contributed by atoms with Crippen LogP contribution in [0.1, 0.15) is 11.1 Å². The Labute approximate surface area is 194 Å². The number of halogens is 1. The number of nitrogens with one attached hydrogen (secondary N) is 1. The zero-order chi connectivity index (χ0) is 22.3. The van der Waals surface area contributed by atoms with Crippen LogP contribution in [0.5, 0.6) is 5.75 Å². The summed E-state index contributed by atoms with van der Waals surface area (Å²) in [5.74, 6) is 1.61. The lowest BCUT2D eigenvalue weighted by molar-refractivity contribution is 0.122. The molecule has 1 aliphatic rings. The third-order valence-electron chi connectivity index (χ3n) is 4.92. The summed E-state index contributed by atoms with van der Waals surface area (Å²) in [6.45, 7) is 2.46. The van der Waals surface area contributed by atoms with E-state index in [2.05, 4.69) is 42.5 Å². The number of hydrogen-bond donors (Lipinski definition) is 1. The molecule has 0 amide bonds. The van der Waals surface area contributed by atoms with Crippen LogP contribution in [0.15, 0.2) is 58.1 Å². The summed E-state index contributed by atoms with van der Waals surface area (Å²) in [6.07, 6.45) is 1.69. The topological polar surface area (TPSA) is 95.7 Å². The van der Waals surface area contributed by atoms with Crippen molar-refractivity contribution in [2.45, 2.75) is 0 Å². The number of hydrazone groups is 1. The van der Waals surface area contributed by atoms with Crippen LogP contribution in [0.2, 0.25) is 0 Å². The highest BCUT2D eigenvalue weighted by Gasteiger charge is 2.22. The van der Waals surface area contributed by atoms with E-state index in [0.29, 0.717) is 49.3 Å². The minimum absolute atomic E-state index is 0.310. The van der Waals surface area contributed by atoms with Crippen molar-refractivity contribution in [2.75, 3.05) is 43.7 Å². The number of hydrogen-bond acceptors (Lipinski definition) is 8. The second-order valence-electron chi connectivity index (χ2n) is 6.96. The molecule has 0 aliphatic carbocycles. The number of benzene rings is 2. The van der Waals surface area contributed by atoms with E-state index in [9.17, 15) is 5.26 Å². The maximum atomic E-state index is 9.96. The quantitative estimate of drug-likeness (QED) is 0.409. The van der Waals surface area contributed by atoms with Gasteiger partial charge in [-0.3, -0.25) is 0 Å². The highest BCUT2D eigenvalue weighted by atomic mass is 79.9. The summed E-state index contributed by atoms with van der Waals surface area (Å²) in [6, 6.07) is 17.5.